The van der Waals surface area contributed by atoms with E-state index < -0.39 is 11.6 Å². The number of piperidine rings is 1. The lowest BCUT2D eigenvalue weighted by molar-refractivity contribution is -0.145. The van der Waals surface area contributed by atoms with E-state index in [0.29, 0.717) is 12.1 Å². The minimum Gasteiger partial charge on any atom is -0.468 e. The lowest BCUT2D eigenvalue weighted by atomic mass is 9.74. The predicted octanol–water partition coefficient (Wildman–Crippen LogP) is 2.96. The quantitative estimate of drug-likeness (QED) is 0.829. The van der Waals surface area contributed by atoms with E-state index in [2.05, 4.69) is 10.6 Å². The third-order valence-corrected chi connectivity index (χ3v) is 4.94. The average Bonchev–Trinajstić information content (AvgIpc) is 2.56. The first-order valence-corrected chi connectivity index (χ1v) is 8.43. The van der Waals surface area contributed by atoms with Crippen LogP contribution in [0.4, 0.5) is 5.69 Å². The number of para-hydroxylation sites is 1. The molecule has 2 aromatic carbocycles. The van der Waals surface area contributed by atoms with Crippen LogP contribution in [0.5, 0.6) is 5.75 Å². The van der Waals surface area contributed by atoms with Crippen LogP contribution < -0.4 is 15.4 Å². The number of aryl methyl sites for hydroxylation is 1. The maximum Gasteiger partial charge on any atom is 0.237 e. The first-order valence-electron chi connectivity index (χ1n) is 8.43. The van der Waals surface area contributed by atoms with E-state index in [1.165, 1.54) is 0 Å². The Kier molecular flexibility index (Phi) is 3.53. The van der Waals surface area contributed by atoms with Crippen molar-refractivity contribution in [3.63, 3.8) is 0 Å². The normalized spacial score (nSPS) is 26.9. The Morgan fingerprint density at radius 2 is 1.92 bits per heavy atom. The van der Waals surface area contributed by atoms with Gasteiger partial charge < -0.3 is 15.4 Å². The lowest BCUT2D eigenvalue weighted by Gasteiger charge is -2.46. The van der Waals surface area contributed by atoms with E-state index >= 15 is 0 Å². The molecule has 0 radical (unpaired) electrons. The molecule has 0 spiro atoms. The SMILES string of the molecule is Cc1ccc(NC(=O)[C@H]2C(=O)N[C@]3(C)C[C@H]2c2ccccc2O3)cc1. The van der Waals surface area contributed by atoms with Crippen LogP contribution in [0, 0.1) is 12.8 Å². The maximum atomic E-state index is 12.9. The number of rotatable bonds is 2. The van der Waals surface area contributed by atoms with Crippen molar-refractivity contribution >= 4 is 17.5 Å². The van der Waals surface area contributed by atoms with Crippen LogP contribution in [0.3, 0.4) is 0 Å². The molecule has 5 nitrogen and oxygen atoms in total. The third-order valence-electron chi connectivity index (χ3n) is 4.94. The Balaban J connectivity index is 1.66. The number of ether oxygens (including phenoxy) is 1. The van der Waals surface area contributed by atoms with E-state index in [-0.39, 0.29) is 17.7 Å². The second kappa shape index (κ2) is 5.62. The summed E-state index contributed by atoms with van der Waals surface area (Å²) in [4.78, 5) is 25.5. The van der Waals surface area contributed by atoms with Crippen molar-refractivity contribution in [3.05, 3.63) is 59.7 Å². The molecule has 2 aliphatic rings. The molecule has 25 heavy (non-hydrogen) atoms. The summed E-state index contributed by atoms with van der Waals surface area (Å²) in [5.74, 6) is -0.828. The summed E-state index contributed by atoms with van der Waals surface area (Å²) in [6.45, 7) is 3.84. The number of amides is 2. The van der Waals surface area contributed by atoms with Crippen LogP contribution in [0.2, 0.25) is 0 Å². The summed E-state index contributed by atoms with van der Waals surface area (Å²) in [5, 5.41) is 5.74. The molecule has 3 atom stereocenters. The molecule has 2 aliphatic heterocycles. The van der Waals surface area contributed by atoms with Crippen LogP contribution >= 0.6 is 0 Å². The number of hydrogen-bond acceptors (Lipinski definition) is 3. The van der Waals surface area contributed by atoms with Gasteiger partial charge in [0.1, 0.15) is 11.7 Å². The summed E-state index contributed by atoms with van der Waals surface area (Å²) >= 11 is 0. The second-order valence-electron chi connectivity index (χ2n) is 7.00. The largest absolute Gasteiger partial charge is 0.468 e. The number of hydrogen-bond donors (Lipinski definition) is 2. The Hall–Kier alpha value is -2.82. The number of anilines is 1. The van der Waals surface area contributed by atoms with Gasteiger partial charge in [-0.25, -0.2) is 0 Å². The molecule has 0 unspecified atom stereocenters. The van der Waals surface area contributed by atoms with Crippen molar-refractivity contribution in [2.45, 2.75) is 31.9 Å². The van der Waals surface area contributed by atoms with Gasteiger partial charge >= 0.3 is 0 Å². The molecule has 0 aliphatic carbocycles. The highest BCUT2D eigenvalue weighted by Gasteiger charge is 2.51. The van der Waals surface area contributed by atoms with Crippen molar-refractivity contribution in [2.24, 2.45) is 5.92 Å². The number of carbonyl (C=O) groups is 2. The first-order chi connectivity index (χ1) is 12.0. The average molecular weight is 336 g/mol. The van der Waals surface area contributed by atoms with Crippen LogP contribution in [-0.2, 0) is 9.59 Å². The van der Waals surface area contributed by atoms with Crippen LogP contribution in [0.25, 0.3) is 0 Å². The van der Waals surface area contributed by atoms with E-state index in [9.17, 15) is 9.59 Å². The van der Waals surface area contributed by atoms with Gasteiger partial charge in [0.05, 0.1) is 0 Å². The first kappa shape index (κ1) is 15.7. The molecule has 2 bridgehead atoms. The summed E-state index contributed by atoms with van der Waals surface area (Å²) in [6.07, 6.45) is 0.571. The molecule has 2 aromatic rings. The fourth-order valence-electron chi connectivity index (χ4n) is 3.75. The summed E-state index contributed by atoms with van der Waals surface area (Å²) in [5.41, 5.74) is 1.95. The van der Waals surface area contributed by atoms with Crippen molar-refractivity contribution in [2.75, 3.05) is 5.32 Å². The molecule has 4 rings (SSSR count). The van der Waals surface area contributed by atoms with Gasteiger partial charge in [-0.1, -0.05) is 35.9 Å². The van der Waals surface area contributed by atoms with E-state index in [0.717, 1.165) is 16.9 Å². The van der Waals surface area contributed by atoms with Crippen molar-refractivity contribution in [1.82, 2.24) is 5.32 Å². The van der Waals surface area contributed by atoms with Crippen LogP contribution in [0.1, 0.15) is 30.4 Å². The molecular weight excluding hydrogens is 316 g/mol. The molecule has 1 fully saturated rings. The molecule has 2 amide bonds. The second-order valence-corrected chi connectivity index (χ2v) is 7.00. The third kappa shape index (κ3) is 2.76. The zero-order valence-electron chi connectivity index (χ0n) is 14.2. The monoisotopic (exact) mass is 336 g/mol. The number of benzene rings is 2. The zero-order valence-corrected chi connectivity index (χ0v) is 14.2. The van der Waals surface area contributed by atoms with Crippen LogP contribution in [-0.4, -0.2) is 17.5 Å². The highest BCUT2D eigenvalue weighted by Crippen LogP contribution is 2.46. The molecule has 0 saturated carbocycles. The molecule has 1 saturated heterocycles. The highest BCUT2D eigenvalue weighted by atomic mass is 16.5. The number of fused-ring (bicyclic) bond motifs is 4. The van der Waals surface area contributed by atoms with Crippen LogP contribution in [0.15, 0.2) is 48.5 Å². The zero-order chi connectivity index (χ0) is 17.6. The minimum atomic E-state index is -0.778. The summed E-state index contributed by atoms with van der Waals surface area (Å²) in [6, 6.07) is 15.2. The Labute approximate surface area is 146 Å². The molecule has 0 aromatic heterocycles. The van der Waals surface area contributed by atoms with Gasteiger partial charge in [-0.05, 0) is 37.6 Å². The van der Waals surface area contributed by atoms with Gasteiger partial charge in [0.25, 0.3) is 0 Å². The highest BCUT2D eigenvalue weighted by molar-refractivity contribution is 6.08. The maximum absolute atomic E-state index is 12.9. The smallest absolute Gasteiger partial charge is 0.237 e. The van der Waals surface area contributed by atoms with Crippen molar-refractivity contribution in [3.8, 4) is 5.75 Å². The van der Waals surface area contributed by atoms with E-state index in [1.54, 1.807) is 0 Å². The predicted molar refractivity (Wildman–Crippen MR) is 94.3 cm³/mol. The molecule has 128 valence electrons. The summed E-state index contributed by atoms with van der Waals surface area (Å²) < 4.78 is 5.96. The van der Waals surface area contributed by atoms with Crippen molar-refractivity contribution < 1.29 is 14.3 Å². The van der Waals surface area contributed by atoms with Gasteiger partial charge in [0.15, 0.2) is 5.72 Å². The number of carbonyl (C=O) groups excluding carboxylic acids is 2. The molecular formula is C20H20N2O3. The van der Waals surface area contributed by atoms with Gasteiger partial charge in [-0.15, -0.1) is 0 Å². The Morgan fingerprint density at radius 3 is 2.68 bits per heavy atom. The number of nitrogens with one attached hydrogen (secondary N) is 2. The summed E-state index contributed by atoms with van der Waals surface area (Å²) in [7, 11) is 0. The molecule has 5 heteroatoms. The lowest BCUT2D eigenvalue weighted by Crippen LogP contribution is -2.62. The Bertz CT molecular complexity index is 846. The van der Waals surface area contributed by atoms with E-state index in [4.69, 9.17) is 4.74 Å². The fraction of sp³-hybridized carbons (Fsp3) is 0.300. The fourth-order valence-corrected chi connectivity index (χ4v) is 3.75. The van der Waals surface area contributed by atoms with E-state index in [1.807, 2.05) is 62.4 Å². The van der Waals surface area contributed by atoms with Gasteiger partial charge in [0.2, 0.25) is 11.8 Å². The molecule has 2 heterocycles. The molecule has 2 N–H and O–H groups in total. The van der Waals surface area contributed by atoms with Gasteiger partial charge in [0, 0.05) is 18.0 Å². The van der Waals surface area contributed by atoms with Gasteiger partial charge in [-0.3, -0.25) is 9.59 Å². The van der Waals surface area contributed by atoms with Gasteiger partial charge in [-0.2, -0.15) is 0 Å². The Morgan fingerprint density at radius 1 is 1.20 bits per heavy atom. The minimum absolute atomic E-state index is 0.200. The van der Waals surface area contributed by atoms with Crippen molar-refractivity contribution in [1.29, 1.82) is 0 Å². The topological polar surface area (TPSA) is 67.4 Å². The standard InChI is InChI=1S/C20H20N2O3/c1-12-7-9-13(10-8-12)21-18(23)17-15-11-20(2,22-19(17)24)25-16-6-4-3-5-14(15)16/h3-10,15,17H,11H2,1-2H3,(H,21,23)(H,22,24)/t15-,17-,20-/m0/s1.